The first-order chi connectivity index (χ1) is 25.2. The summed E-state index contributed by atoms with van der Waals surface area (Å²) in [5.74, 6) is 2.79. The molecule has 2 unspecified atom stereocenters. The number of benzene rings is 2. The van der Waals surface area contributed by atoms with Crippen LogP contribution in [0.5, 0.6) is 17.2 Å². The summed E-state index contributed by atoms with van der Waals surface area (Å²) in [6, 6.07) is 13.8. The molecule has 274 valence electrons. The molecule has 4 atom stereocenters. The number of hydrogen-bond acceptors (Lipinski definition) is 7. The van der Waals surface area contributed by atoms with Crippen molar-refractivity contribution < 1.29 is 24.1 Å². The Labute approximate surface area is 311 Å². The standard InChI is InChI=1S/C42H49ClN4O5/c1-27(25-51-36-9-15-45-35-8-3-5-28(2)39(35)36)19-30-20-29-21-37-38(52-33(10-18-50-37)24-47-17-16-44-26-47)23-34(29)41(30)11-13-42(14-12-41,40(48)49)46-32-7-4-6-31(43)22-32/h4,6-7,9,15-17,21-23,26-28,30,33,46H,3,5,8,10-14,18-20,24-25H2,1-2H3,(H,48,49)/t27-,28-,30?,33?,41?,42?/m1/s1. The lowest BCUT2D eigenvalue weighted by Gasteiger charge is -2.47. The summed E-state index contributed by atoms with van der Waals surface area (Å²) in [6.07, 6.45) is 15.9. The fraction of sp³-hybridized carbons (Fsp3) is 0.500. The van der Waals surface area contributed by atoms with E-state index in [9.17, 15) is 9.90 Å². The minimum absolute atomic E-state index is 0.0478. The summed E-state index contributed by atoms with van der Waals surface area (Å²) < 4.78 is 21.7. The van der Waals surface area contributed by atoms with Crippen LogP contribution in [0.3, 0.4) is 0 Å². The SMILES string of the molecule is C[C@@H](COc1ccnc2c1[C@H](C)CCC2)CC1Cc2cc3c(cc2C12CCC(Nc1cccc(Cl)c1)(C(=O)O)CC2)OC(Cn1ccnc1)CCO3. The number of nitrogens with one attached hydrogen (secondary N) is 1. The maximum Gasteiger partial charge on any atom is 0.329 e. The number of halogens is 1. The van der Waals surface area contributed by atoms with Crippen LogP contribution in [0.2, 0.25) is 5.02 Å². The summed E-state index contributed by atoms with van der Waals surface area (Å²) in [4.78, 5) is 21.9. The van der Waals surface area contributed by atoms with Gasteiger partial charge in [0.15, 0.2) is 11.5 Å². The van der Waals surface area contributed by atoms with Crippen molar-refractivity contribution in [2.45, 2.75) is 108 Å². The van der Waals surface area contributed by atoms with Gasteiger partial charge in [0.1, 0.15) is 17.4 Å². The van der Waals surface area contributed by atoms with Crippen molar-refractivity contribution in [3.05, 3.63) is 94.8 Å². The summed E-state index contributed by atoms with van der Waals surface area (Å²) in [7, 11) is 0. The Kier molecular flexibility index (Phi) is 9.57. The predicted molar refractivity (Wildman–Crippen MR) is 201 cm³/mol. The van der Waals surface area contributed by atoms with Gasteiger partial charge in [0.25, 0.3) is 0 Å². The van der Waals surface area contributed by atoms with Gasteiger partial charge in [-0.2, -0.15) is 0 Å². The predicted octanol–water partition coefficient (Wildman–Crippen LogP) is 8.63. The molecule has 0 saturated heterocycles. The van der Waals surface area contributed by atoms with Crippen LogP contribution >= 0.6 is 11.6 Å². The van der Waals surface area contributed by atoms with Gasteiger partial charge in [0.2, 0.25) is 0 Å². The van der Waals surface area contributed by atoms with Crippen molar-refractivity contribution in [1.82, 2.24) is 14.5 Å². The number of carbonyl (C=O) groups is 1. The number of anilines is 1. The second-order valence-electron chi connectivity index (χ2n) is 15.8. The smallest absolute Gasteiger partial charge is 0.329 e. The molecular formula is C42H49ClN4O5. The van der Waals surface area contributed by atoms with Gasteiger partial charge >= 0.3 is 5.97 Å². The molecule has 10 heteroatoms. The third-order valence-corrected chi connectivity index (χ3v) is 12.6. The molecule has 4 aromatic rings. The number of aromatic nitrogens is 3. The summed E-state index contributed by atoms with van der Waals surface area (Å²) in [6.45, 7) is 6.48. The first kappa shape index (κ1) is 34.8. The van der Waals surface area contributed by atoms with Crippen LogP contribution in [-0.4, -0.2) is 50.5 Å². The van der Waals surface area contributed by atoms with E-state index in [0.29, 0.717) is 55.4 Å². The van der Waals surface area contributed by atoms with E-state index in [1.807, 2.05) is 41.5 Å². The molecule has 3 aliphatic carbocycles. The second-order valence-corrected chi connectivity index (χ2v) is 16.2. The van der Waals surface area contributed by atoms with Crippen LogP contribution in [0, 0.1) is 11.8 Å². The number of hydrogen-bond donors (Lipinski definition) is 2. The molecule has 1 spiro atoms. The van der Waals surface area contributed by atoms with Gasteiger partial charge < -0.3 is 29.2 Å². The Morgan fingerprint density at radius 3 is 2.79 bits per heavy atom. The lowest BCUT2D eigenvalue weighted by molar-refractivity contribution is -0.144. The molecule has 9 nitrogen and oxygen atoms in total. The highest BCUT2D eigenvalue weighted by molar-refractivity contribution is 6.30. The van der Waals surface area contributed by atoms with E-state index in [1.165, 1.54) is 35.2 Å². The van der Waals surface area contributed by atoms with Crippen LogP contribution in [0.4, 0.5) is 5.69 Å². The zero-order valence-corrected chi connectivity index (χ0v) is 30.9. The topological polar surface area (TPSA) is 108 Å². The number of ether oxygens (including phenoxy) is 3. The van der Waals surface area contributed by atoms with Crippen molar-refractivity contribution in [3.8, 4) is 17.2 Å². The van der Waals surface area contributed by atoms with Gasteiger partial charge in [-0.05, 0) is 128 Å². The second kappa shape index (κ2) is 14.3. The van der Waals surface area contributed by atoms with E-state index in [1.54, 1.807) is 18.3 Å². The Morgan fingerprint density at radius 2 is 2.00 bits per heavy atom. The Morgan fingerprint density at radius 1 is 1.13 bits per heavy atom. The minimum Gasteiger partial charge on any atom is -0.493 e. The Bertz CT molecular complexity index is 1910. The number of fused-ring (bicyclic) bond motifs is 4. The van der Waals surface area contributed by atoms with Crippen LogP contribution in [0.25, 0.3) is 0 Å². The lowest BCUT2D eigenvalue weighted by atomic mass is 9.59. The fourth-order valence-electron chi connectivity index (χ4n) is 9.62. The zero-order chi connectivity index (χ0) is 35.9. The molecule has 4 aliphatic rings. The third kappa shape index (κ3) is 6.72. The van der Waals surface area contributed by atoms with Crippen LogP contribution in [-0.2, 0) is 29.6 Å². The largest absolute Gasteiger partial charge is 0.493 e. The highest BCUT2D eigenvalue weighted by Gasteiger charge is 2.54. The minimum atomic E-state index is -1.09. The highest BCUT2D eigenvalue weighted by atomic mass is 35.5. The molecule has 8 rings (SSSR count). The van der Waals surface area contributed by atoms with Crippen LogP contribution in [0.15, 0.2) is 67.4 Å². The molecule has 0 bridgehead atoms. The molecule has 52 heavy (non-hydrogen) atoms. The van der Waals surface area contributed by atoms with Gasteiger partial charge in [-0.3, -0.25) is 4.98 Å². The van der Waals surface area contributed by atoms with E-state index in [2.05, 4.69) is 41.3 Å². The van der Waals surface area contributed by atoms with Gasteiger partial charge in [0, 0.05) is 47.0 Å². The number of rotatable bonds is 10. The molecular weight excluding hydrogens is 676 g/mol. The Hall–Kier alpha value is -4.24. The lowest BCUT2D eigenvalue weighted by Crippen LogP contribution is -2.53. The maximum absolute atomic E-state index is 13.1. The van der Waals surface area contributed by atoms with Crippen molar-refractivity contribution >= 4 is 23.3 Å². The van der Waals surface area contributed by atoms with E-state index >= 15 is 0 Å². The molecule has 0 radical (unpaired) electrons. The molecule has 2 N–H and O–H groups in total. The van der Waals surface area contributed by atoms with E-state index < -0.39 is 11.5 Å². The number of aryl methyl sites for hydroxylation is 1. The normalized spacial score (nSPS) is 26.9. The number of pyridine rings is 1. The highest BCUT2D eigenvalue weighted by Crippen LogP contribution is 2.58. The molecule has 1 saturated carbocycles. The van der Waals surface area contributed by atoms with Crippen molar-refractivity contribution in [2.75, 3.05) is 18.5 Å². The molecule has 2 aromatic carbocycles. The van der Waals surface area contributed by atoms with Crippen molar-refractivity contribution in [3.63, 3.8) is 0 Å². The number of carboxylic acid groups (broad SMARTS) is 1. The van der Waals surface area contributed by atoms with Crippen molar-refractivity contribution in [1.29, 1.82) is 0 Å². The third-order valence-electron chi connectivity index (χ3n) is 12.3. The fourth-order valence-corrected chi connectivity index (χ4v) is 9.81. The summed E-state index contributed by atoms with van der Waals surface area (Å²) in [5, 5.41) is 14.7. The van der Waals surface area contributed by atoms with Gasteiger partial charge in [-0.1, -0.05) is 31.5 Å². The number of aliphatic carboxylic acids is 1. The monoisotopic (exact) mass is 724 g/mol. The number of imidazole rings is 1. The molecule has 2 aromatic heterocycles. The average Bonchev–Trinajstić information content (AvgIpc) is 3.68. The number of carboxylic acids is 1. The number of nitrogens with zero attached hydrogens (tertiary/aromatic N) is 3. The molecule has 0 amide bonds. The summed E-state index contributed by atoms with van der Waals surface area (Å²) in [5.41, 5.74) is 4.48. The molecule has 1 fully saturated rings. The first-order valence-electron chi connectivity index (χ1n) is 19.0. The van der Waals surface area contributed by atoms with Crippen LogP contribution in [0.1, 0.15) is 93.5 Å². The quantitative estimate of drug-likeness (QED) is 0.167. The Balaban J connectivity index is 1.07. The molecule has 1 aliphatic heterocycles. The van der Waals surface area contributed by atoms with Crippen LogP contribution < -0.4 is 19.5 Å². The van der Waals surface area contributed by atoms with Gasteiger partial charge in [0.05, 0.1) is 26.1 Å². The first-order valence-corrected chi connectivity index (χ1v) is 19.4. The zero-order valence-electron chi connectivity index (χ0n) is 30.2. The van der Waals surface area contributed by atoms with Crippen molar-refractivity contribution in [2.24, 2.45) is 11.8 Å². The summed E-state index contributed by atoms with van der Waals surface area (Å²) >= 11 is 6.31. The van der Waals surface area contributed by atoms with Gasteiger partial charge in [-0.25, -0.2) is 9.78 Å². The van der Waals surface area contributed by atoms with E-state index in [0.717, 1.165) is 61.5 Å². The average molecular weight is 725 g/mol. The van der Waals surface area contributed by atoms with E-state index in [4.69, 9.17) is 25.8 Å². The van der Waals surface area contributed by atoms with Gasteiger partial charge in [-0.15, -0.1) is 0 Å². The van der Waals surface area contributed by atoms with E-state index in [-0.39, 0.29) is 11.5 Å². The maximum atomic E-state index is 13.1. The molecule has 3 heterocycles.